The van der Waals surface area contributed by atoms with Crippen molar-refractivity contribution < 1.29 is 0 Å². The Morgan fingerprint density at radius 3 is 2.22 bits per heavy atom. The second-order valence-electron chi connectivity index (χ2n) is 6.49. The second-order valence-corrected chi connectivity index (χ2v) is 6.49. The Morgan fingerprint density at radius 1 is 1.06 bits per heavy atom. The second kappa shape index (κ2) is 5.83. The number of hydrogen-bond acceptors (Lipinski definition) is 2. The third kappa shape index (κ3) is 3.81. The summed E-state index contributed by atoms with van der Waals surface area (Å²) in [7, 11) is 0. The van der Waals surface area contributed by atoms with Crippen LogP contribution < -0.4 is 0 Å². The molecular weight excluding hydrogens is 220 g/mol. The Hall–Kier alpha value is -0.890. The molecule has 0 saturated carbocycles. The molecule has 2 heteroatoms. The first-order valence-electron chi connectivity index (χ1n) is 7.23. The molecule has 0 bridgehead atoms. The van der Waals surface area contributed by atoms with Crippen molar-refractivity contribution >= 4 is 0 Å². The van der Waals surface area contributed by atoms with E-state index in [0.29, 0.717) is 0 Å². The Morgan fingerprint density at radius 2 is 1.72 bits per heavy atom. The summed E-state index contributed by atoms with van der Waals surface area (Å²) in [5, 5.41) is 0. The van der Waals surface area contributed by atoms with Gasteiger partial charge in [-0.2, -0.15) is 0 Å². The lowest BCUT2D eigenvalue weighted by Crippen LogP contribution is -2.24. The summed E-state index contributed by atoms with van der Waals surface area (Å²) < 4.78 is 0. The fraction of sp³-hybridized carbons (Fsp3) is 0.688. The van der Waals surface area contributed by atoms with Crippen LogP contribution in [0.5, 0.6) is 0 Å². The molecule has 1 aliphatic heterocycles. The van der Waals surface area contributed by atoms with Crippen LogP contribution >= 0.6 is 0 Å². The van der Waals surface area contributed by atoms with Gasteiger partial charge in [-0.1, -0.05) is 39.7 Å². The molecule has 0 aromatic carbocycles. The summed E-state index contributed by atoms with van der Waals surface area (Å²) in [6.45, 7) is 10.2. The maximum atomic E-state index is 4.61. The third-order valence-corrected chi connectivity index (χ3v) is 3.70. The van der Waals surface area contributed by atoms with Crippen molar-refractivity contribution in [2.75, 3.05) is 13.1 Å². The van der Waals surface area contributed by atoms with E-state index in [0.717, 1.165) is 6.54 Å². The summed E-state index contributed by atoms with van der Waals surface area (Å²) >= 11 is 0. The van der Waals surface area contributed by atoms with Crippen molar-refractivity contribution in [1.29, 1.82) is 0 Å². The zero-order valence-electron chi connectivity index (χ0n) is 12.1. The minimum atomic E-state index is 0.154. The van der Waals surface area contributed by atoms with Gasteiger partial charge in [0.2, 0.25) is 0 Å². The van der Waals surface area contributed by atoms with Crippen LogP contribution in [0.2, 0.25) is 0 Å². The average Bonchev–Trinajstić information content (AvgIpc) is 2.57. The molecule has 0 unspecified atom stereocenters. The quantitative estimate of drug-likeness (QED) is 0.790. The molecular formula is C16H26N2. The van der Waals surface area contributed by atoms with Crippen LogP contribution in [-0.4, -0.2) is 23.0 Å². The lowest BCUT2D eigenvalue weighted by atomic mass is 9.91. The van der Waals surface area contributed by atoms with Crippen molar-refractivity contribution in [3.63, 3.8) is 0 Å². The van der Waals surface area contributed by atoms with Gasteiger partial charge in [0, 0.05) is 23.9 Å². The molecule has 2 rings (SSSR count). The van der Waals surface area contributed by atoms with Crippen molar-refractivity contribution in [2.45, 2.75) is 58.4 Å². The van der Waals surface area contributed by atoms with E-state index in [4.69, 9.17) is 0 Å². The molecule has 2 nitrogen and oxygen atoms in total. The van der Waals surface area contributed by atoms with Gasteiger partial charge in [0.15, 0.2) is 0 Å². The van der Waals surface area contributed by atoms with Crippen molar-refractivity contribution in [1.82, 2.24) is 9.88 Å². The van der Waals surface area contributed by atoms with E-state index in [1.165, 1.54) is 50.0 Å². The molecule has 1 saturated heterocycles. The van der Waals surface area contributed by atoms with E-state index in [1.807, 2.05) is 0 Å². The van der Waals surface area contributed by atoms with E-state index >= 15 is 0 Å². The van der Waals surface area contributed by atoms with E-state index in [9.17, 15) is 0 Å². The fourth-order valence-corrected chi connectivity index (χ4v) is 2.51. The molecule has 0 radical (unpaired) electrons. The average molecular weight is 246 g/mol. The molecule has 0 atom stereocenters. The van der Waals surface area contributed by atoms with Crippen LogP contribution in [0.1, 0.15) is 57.7 Å². The highest BCUT2D eigenvalue weighted by Crippen LogP contribution is 2.20. The summed E-state index contributed by atoms with van der Waals surface area (Å²) in [5.41, 5.74) is 2.69. The van der Waals surface area contributed by atoms with Crippen LogP contribution in [0.15, 0.2) is 18.3 Å². The number of aromatic nitrogens is 1. The molecule has 100 valence electrons. The first kappa shape index (κ1) is 13.5. The first-order valence-corrected chi connectivity index (χ1v) is 7.23. The van der Waals surface area contributed by atoms with Gasteiger partial charge in [-0.05, 0) is 37.6 Å². The maximum absolute atomic E-state index is 4.61. The minimum Gasteiger partial charge on any atom is -0.299 e. The predicted octanol–water partition coefficient (Wildman–Crippen LogP) is 3.76. The van der Waals surface area contributed by atoms with Crippen LogP contribution in [-0.2, 0) is 12.0 Å². The van der Waals surface area contributed by atoms with Crippen LogP contribution in [0.25, 0.3) is 0 Å². The number of rotatable bonds is 2. The Bertz CT molecular complexity index is 354. The van der Waals surface area contributed by atoms with Gasteiger partial charge in [0.05, 0.1) is 0 Å². The van der Waals surface area contributed by atoms with Gasteiger partial charge in [-0.25, -0.2) is 0 Å². The van der Waals surface area contributed by atoms with E-state index in [2.05, 4.69) is 49.0 Å². The zero-order valence-corrected chi connectivity index (χ0v) is 12.1. The van der Waals surface area contributed by atoms with E-state index in [1.54, 1.807) is 0 Å². The molecule has 1 aliphatic rings. The minimum absolute atomic E-state index is 0.154. The summed E-state index contributed by atoms with van der Waals surface area (Å²) in [6, 6.07) is 4.44. The molecule has 0 spiro atoms. The number of hydrogen-bond donors (Lipinski definition) is 0. The van der Waals surface area contributed by atoms with Gasteiger partial charge < -0.3 is 0 Å². The monoisotopic (exact) mass is 246 g/mol. The van der Waals surface area contributed by atoms with Crippen molar-refractivity contribution in [2.24, 2.45) is 0 Å². The lowest BCUT2D eigenvalue weighted by molar-refractivity contribution is 0.276. The molecule has 1 aromatic heterocycles. The Labute approximate surface area is 111 Å². The van der Waals surface area contributed by atoms with Crippen molar-refractivity contribution in [3.8, 4) is 0 Å². The highest BCUT2D eigenvalue weighted by molar-refractivity contribution is 5.19. The smallest absolute Gasteiger partial charge is 0.0457 e. The molecule has 1 fully saturated rings. The third-order valence-electron chi connectivity index (χ3n) is 3.70. The fourth-order valence-electron chi connectivity index (χ4n) is 2.51. The molecule has 2 heterocycles. The van der Waals surface area contributed by atoms with Gasteiger partial charge in [-0.3, -0.25) is 9.88 Å². The van der Waals surface area contributed by atoms with Gasteiger partial charge in [0.25, 0.3) is 0 Å². The van der Waals surface area contributed by atoms with E-state index in [-0.39, 0.29) is 5.41 Å². The summed E-state index contributed by atoms with van der Waals surface area (Å²) in [4.78, 5) is 7.18. The summed E-state index contributed by atoms with van der Waals surface area (Å²) in [5.74, 6) is 0. The van der Waals surface area contributed by atoms with Crippen LogP contribution in [0.3, 0.4) is 0 Å². The lowest BCUT2D eigenvalue weighted by Gasteiger charge is -2.21. The standard InChI is InChI=1S/C16H26N2/c1-16(2,3)15-9-8-14(12-17-15)13-18-10-6-4-5-7-11-18/h8-9,12H,4-7,10-11,13H2,1-3H3. The van der Waals surface area contributed by atoms with Gasteiger partial charge in [-0.15, -0.1) is 0 Å². The molecule has 18 heavy (non-hydrogen) atoms. The molecule has 1 aromatic rings. The molecule has 0 aliphatic carbocycles. The largest absolute Gasteiger partial charge is 0.299 e. The number of pyridine rings is 1. The Balaban J connectivity index is 1.97. The van der Waals surface area contributed by atoms with Gasteiger partial charge in [0.1, 0.15) is 0 Å². The SMILES string of the molecule is CC(C)(C)c1ccc(CN2CCCCCC2)cn1. The van der Waals surface area contributed by atoms with Crippen LogP contribution in [0, 0.1) is 0 Å². The highest BCUT2D eigenvalue weighted by atomic mass is 15.1. The topological polar surface area (TPSA) is 16.1 Å². The highest BCUT2D eigenvalue weighted by Gasteiger charge is 2.15. The zero-order chi connectivity index (χ0) is 13.0. The van der Waals surface area contributed by atoms with Crippen molar-refractivity contribution in [3.05, 3.63) is 29.6 Å². The van der Waals surface area contributed by atoms with Gasteiger partial charge >= 0.3 is 0 Å². The molecule has 0 amide bonds. The first-order chi connectivity index (χ1) is 8.55. The Kier molecular flexibility index (Phi) is 4.39. The number of likely N-dealkylation sites (tertiary alicyclic amines) is 1. The maximum Gasteiger partial charge on any atom is 0.0457 e. The van der Waals surface area contributed by atoms with Crippen LogP contribution in [0.4, 0.5) is 0 Å². The predicted molar refractivity (Wildman–Crippen MR) is 76.7 cm³/mol. The van der Waals surface area contributed by atoms with E-state index < -0.39 is 0 Å². The summed E-state index contributed by atoms with van der Waals surface area (Å²) in [6.07, 6.45) is 7.57. The normalized spacial score (nSPS) is 18.6. The number of nitrogens with zero attached hydrogens (tertiary/aromatic N) is 2. The molecule has 0 N–H and O–H groups in total.